The summed E-state index contributed by atoms with van der Waals surface area (Å²) in [6.45, 7) is 13.6. The van der Waals surface area contributed by atoms with E-state index in [2.05, 4.69) is 91.9 Å². The van der Waals surface area contributed by atoms with Gasteiger partial charge in [0.2, 0.25) is 0 Å². The molecular weight excluding hydrogens is 969 g/mol. The zero-order chi connectivity index (χ0) is 52.6. The Morgan fingerprint density at radius 1 is 0.947 bits per heavy atom. The van der Waals surface area contributed by atoms with Gasteiger partial charge in [-0.3, -0.25) is 24.7 Å². The highest BCUT2D eigenvalue weighted by molar-refractivity contribution is 7.90. The average Bonchev–Trinajstić information content (AvgIpc) is 3.87. The number of amides is 1. The molecule has 2 unspecified atom stereocenters. The van der Waals surface area contributed by atoms with E-state index in [0.29, 0.717) is 48.8 Å². The standard InChI is InChI=1S/C58H70N8O8S/c1-38(2)48-8-6-7-9-49(48)53-37-64(36-41-10-13-45(73-5)14-11-41)39(3)35-65(53)44-31-58(32-44)23-26-63(27-24-58)43-12-16-50(54(29-43)74-46-28-42-20-25-59-55(42)61-34-46)56(67)62-75(71,72)47-15-17-51(52(30-47)66(69)70)60-33-40-18-21-57(4,68)22-19-40/h6-17,20,25,28-30,34,38-40,44,53,60,68H,18-19,21-24,26-27,31-33,35-37H2,1-5H3,(H,59,61)(H,62,67)/t39?,40-,53?,57-. The number of aromatic nitrogens is 2. The van der Waals surface area contributed by atoms with Gasteiger partial charge in [0.05, 0.1) is 34.3 Å². The largest absolute Gasteiger partial charge is 0.497 e. The molecule has 0 bridgehead atoms. The van der Waals surface area contributed by atoms with Crippen LogP contribution in [-0.4, -0.2) is 102 Å². The Morgan fingerprint density at radius 3 is 2.41 bits per heavy atom. The summed E-state index contributed by atoms with van der Waals surface area (Å²) in [5.74, 6) is 1.02. The van der Waals surface area contributed by atoms with Crippen molar-refractivity contribution >= 4 is 44.0 Å². The number of nitro benzene ring substituents is 1. The van der Waals surface area contributed by atoms with Crippen molar-refractivity contribution in [3.8, 4) is 17.2 Å². The van der Waals surface area contributed by atoms with Crippen LogP contribution < -0.4 is 24.4 Å². The summed E-state index contributed by atoms with van der Waals surface area (Å²) in [7, 11) is -2.89. The van der Waals surface area contributed by atoms with Gasteiger partial charge < -0.3 is 29.8 Å². The Morgan fingerprint density at radius 2 is 1.69 bits per heavy atom. The molecule has 2 aliphatic heterocycles. The fourth-order valence-corrected chi connectivity index (χ4v) is 13.1. The van der Waals surface area contributed by atoms with Crippen LogP contribution in [0, 0.1) is 21.4 Å². The van der Waals surface area contributed by atoms with Gasteiger partial charge in [0.15, 0.2) is 0 Å². The molecule has 1 spiro atoms. The number of ether oxygens (including phenoxy) is 2. The molecule has 4 aliphatic rings. The molecule has 2 aromatic heterocycles. The van der Waals surface area contributed by atoms with E-state index in [1.165, 1.54) is 28.8 Å². The van der Waals surface area contributed by atoms with Crippen molar-refractivity contribution in [1.29, 1.82) is 0 Å². The number of sulfonamides is 1. The lowest BCUT2D eigenvalue weighted by atomic mass is 9.59. The van der Waals surface area contributed by atoms with Crippen LogP contribution in [0.1, 0.15) is 118 Å². The van der Waals surface area contributed by atoms with Crippen LogP contribution in [0.3, 0.4) is 0 Å². The van der Waals surface area contributed by atoms with E-state index in [-0.39, 0.29) is 34.4 Å². The quantitative estimate of drug-likeness (QED) is 0.0529. The lowest BCUT2D eigenvalue weighted by Crippen LogP contribution is -2.61. The molecule has 1 amide bonds. The number of pyridine rings is 1. The number of nitro groups is 1. The Kier molecular flexibility index (Phi) is 14.7. The predicted molar refractivity (Wildman–Crippen MR) is 291 cm³/mol. The number of methoxy groups -OCH3 is 1. The van der Waals surface area contributed by atoms with Crippen LogP contribution in [0.5, 0.6) is 17.2 Å². The molecule has 2 saturated carbocycles. The number of hydrogen-bond acceptors (Lipinski definition) is 13. The number of carbonyl (C=O) groups is 1. The molecule has 75 heavy (non-hydrogen) atoms. The second kappa shape index (κ2) is 21.2. The molecule has 10 rings (SSSR count). The van der Waals surface area contributed by atoms with Crippen molar-refractivity contribution in [1.82, 2.24) is 24.5 Å². The Labute approximate surface area is 440 Å². The molecule has 4 N–H and O–H groups in total. The summed E-state index contributed by atoms with van der Waals surface area (Å²) in [5.41, 5.74) is 4.85. The second-order valence-corrected chi connectivity index (χ2v) is 23.9. The van der Waals surface area contributed by atoms with Gasteiger partial charge in [0.25, 0.3) is 21.6 Å². The van der Waals surface area contributed by atoms with Gasteiger partial charge in [-0.2, -0.15) is 0 Å². The van der Waals surface area contributed by atoms with Crippen molar-refractivity contribution in [2.45, 2.75) is 120 Å². The molecule has 4 fully saturated rings. The number of aliphatic hydroxyl groups is 1. The molecular formula is C58H70N8O8S. The molecule has 16 nitrogen and oxygen atoms in total. The summed E-state index contributed by atoms with van der Waals surface area (Å²) >= 11 is 0. The van der Waals surface area contributed by atoms with Gasteiger partial charge in [-0.1, -0.05) is 50.2 Å². The summed E-state index contributed by atoms with van der Waals surface area (Å²) in [6, 6.07) is 31.0. The first-order chi connectivity index (χ1) is 35.9. The molecule has 396 valence electrons. The SMILES string of the molecule is COc1ccc(CN2CC(c3ccccc3C(C)C)N(C3CC4(CCN(c5ccc(C(=O)NS(=O)(=O)c6ccc(NC[C@H]7CC[C@](C)(O)CC7)c([N+](=O)[O-])c6)c(Oc6cnc7[nH]ccc7c6)c5)CC4)C3)CC2C)cc1. The number of hydrogen-bond donors (Lipinski definition) is 4. The summed E-state index contributed by atoms with van der Waals surface area (Å²) < 4.78 is 41.7. The third kappa shape index (κ3) is 11.4. The zero-order valence-corrected chi connectivity index (χ0v) is 44.4. The first-order valence-corrected chi connectivity index (χ1v) is 28.0. The minimum Gasteiger partial charge on any atom is -0.497 e. The summed E-state index contributed by atoms with van der Waals surface area (Å²) in [4.78, 5) is 40.6. The molecule has 2 aliphatic carbocycles. The minimum atomic E-state index is -4.59. The number of rotatable bonds is 16. The van der Waals surface area contributed by atoms with Gasteiger partial charge in [-0.15, -0.1) is 0 Å². The van der Waals surface area contributed by atoms with Gasteiger partial charge in [0.1, 0.15) is 28.6 Å². The Balaban J connectivity index is 0.837. The number of nitrogens with one attached hydrogen (secondary N) is 3. The van der Waals surface area contributed by atoms with Crippen LogP contribution in [0.2, 0.25) is 0 Å². The summed E-state index contributed by atoms with van der Waals surface area (Å²) in [6.07, 6.45) is 10.4. The number of fused-ring (bicyclic) bond motifs is 1. The van der Waals surface area contributed by atoms with E-state index in [1.807, 2.05) is 31.2 Å². The van der Waals surface area contributed by atoms with E-state index in [1.54, 1.807) is 37.7 Å². The van der Waals surface area contributed by atoms with Crippen LogP contribution in [0.25, 0.3) is 11.0 Å². The number of piperidine rings is 1. The van der Waals surface area contributed by atoms with Gasteiger partial charge in [-0.25, -0.2) is 18.1 Å². The van der Waals surface area contributed by atoms with E-state index in [9.17, 15) is 28.4 Å². The molecule has 2 atom stereocenters. The lowest BCUT2D eigenvalue weighted by molar-refractivity contribution is -0.384. The lowest BCUT2D eigenvalue weighted by Gasteiger charge is -2.59. The molecule has 2 saturated heterocycles. The topological polar surface area (TPSA) is 195 Å². The van der Waals surface area contributed by atoms with Gasteiger partial charge in [-0.05, 0) is 148 Å². The average molecular weight is 1040 g/mol. The summed E-state index contributed by atoms with van der Waals surface area (Å²) in [5, 5.41) is 26.5. The Hall–Kier alpha value is -6.53. The van der Waals surface area contributed by atoms with Crippen LogP contribution in [0.15, 0.2) is 114 Å². The monoisotopic (exact) mass is 1040 g/mol. The normalized spacial score (nSPS) is 22.5. The van der Waals surface area contributed by atoms with E-state index in [4.69, 9.17) is 9.47 Å². The van der Waals surface area contributed by atoms with Gasteiger partial charge in [0, 0.05) is 86.8 Å². The van der Waals surface area contributed by atoms with E-state index in [0.717, 1.165) is 94.1 Å². The number of H-pyrrole nitrogens is 1. The van der Waals surface area contributed by atoms with Crippen molar-refractivity contribution in [2.24, 2.45) is 11.3 Å². The van der Waals surface area contributed by atoms with Crippen molar-refractivity contribution < 1.29 is 32.7 Å². The third-order valence-corrected chi connectivity index (χ3v) is 18.0. The van der Waals surface area contributed by atoms with Crippen LogP contribution in [0.4, 0.5) is 17.1 Å². The minimum absolute atomic E-state index is 0.0297. The third-order valence-electron chi connectivity index (χ3n) is 16.7. The number of benzene rings is 4. The van der Waals surface area contributed by atoms with Crippen LogP contribution >= 0.6 is 0 Å². The molecule has 6 aromatic rings. The van der Waals surface area contributed by atoms with E-state index < -0.39 is 37.0 Å². The Bertz CT molecular complexity index is 3140. The number of nitrogens with zero attached hydrogens (tertiary/aromatic N) is 5. The number of carbonyl (C=O) groups excluding carboxylic acids is 1. The predicted octanol–water partition coefficient (Wildman–Crippen LogP) is 10.6. The van der Waals surface area contributed by atoms with Crippen LogP contribution in [-0.2, 0) is 16.6 Å². The highest BCUT2D eigenvalue weighted by Gasteiger charge is 2.51. The zero-order valence-electron chi connectivity index (χ0n) is 43.6. The molecule has 4 aromatic carbocycles. The van der Waals surface area contributed by atoms with Crippen molar-refractivity contribution in [3.05, 3.63) is 142 Å². The number of aromatic amines is 1. The maximum absolute atomic E-state index is 14.1. The fraction of sp³-hybridized carbons (Fsp3) is 0.448. The first-order valence-electron chi connectivity index (χ1n) is 26.5. The smallest absolute Gasteiger partial charge is 0.293 e. The van der Waals surface area contributed by atoms with Crippen molar-refractivity contribution in [2.75, 3.05) is 50.1 Å². The fourth-order valence-electron chi connectivity index (χ4n) is 12.1. The molecule has 0 radical (unpaired) electrons. The number of piperazine rings is 1. The number of anilines is 2. The van der Waals surface area contributed by atoms with Gasteiger partial charge >= 0.3 is 0 Å². The second-order valence-electron chi connectivity index (χ2n) is 22.2. The molecule has 17 heteroatoms. The maximum atomic E-state index is 14.1. The molecule has 4 heterocycles. The highest BCUT2D eigenvalue weighted by Crippen LogP contribution is 2.54. The maximum Gasteiger partial charge on any atom is 0.293 e. The first kappa shape index (κ1) is 51.9. The van der Waals surface area contributed by atoms with Crippen molar-refractivity contribution in [3.63, 3.8) is 0 Å². The van der Waals surface area contributed by atoms with E-state index >= 15 is 0 Å². The highest BCUT2D eigenvalue weighted by atomic mass is 32.2.